The van der Waals surface area contributed by atoms with E-state index in [-0.39, 0.29) is 0 Å². The van der Waals surface area contributed by atoms with Gasteiger partial charge < -0.3 is 5.32 Å². The summed E-state index contributed by atoms with van der Waals surface area (Å²) in [4.78, 5) is 0. The number of thiocarbonyl (C=S) groups is 1. The highest BCUT2D eigenvalue weighted by Crippen LogP contribution is 2.09. The minimum atomic E-state index is 0.504. The predicted octanol–water partition coefficient (Wildman–Crippen LogP) is 1.32. The molecule has 0 aromatic rings. The Balaban J connectivity index is 2.38. The van der Waals surface area contributed by atoms with Crippen molar-refractivity contribution in [2.24, 2.45) is 10.2 Å². The highest BCUT2D eigenvalue weighted by atomic mass is 32.1. The van der Waals surface area contributed by atoms with Crippen LogP contribution in [0.15, 0.2) is 10.2 Å². The molecule has 0 radical (unpaired) electrons. The van der Waals surface area contributed by atoms with Crippen molar-refractivity contribution in [3.63, 3.8) is 0 Å². The van der Waals surface area contributed by atoms with E-state index in [4.69, 9.17) is 12.2 Å². The lowest BCUT2D eigenvalue weighted by atomic mass is 10.2. The average Bonchev–Trinajstić information content (AvgIpc) is 2.57. The number of nitrogens with zero attached hydrogens (tertiary/aromatic N) is 3. The molecule has 0 aliphatic carbocycles. The van der Waals surface area contributed by atoms with E-state index in [9.17, 15) is 0 Å². The normalized spacial score (nSPS) is 18.0. The monoisotopic (exact) mass is 255 g/mol. The van der Waals surface area contributed by atoms with Gasteiger partial charge >= 0.3 is 0 Å². The van der Waals surface area contributed by atoms with Gasteiger partial charge in [0.1, 0.15) is 0 Å². The molecule has 1 aliphatic rings. The SMILES string of the molecule is CNC(=S)N/N=C\C(C)=N/N1CCCCCC1. The molecule has 0 unspecified atom stereocenters. The van der Waals surface area contributed by atoms with Gasteiger partial charge in [-0.1, -0.05) is 12.8 Å². The summed E-state index contributed by atoms with van der Waals surface area (Å²) in [5, 5.41) is 13.9. The molecule has 0 spiro atoms. The van der Waals surface area contributed by atoms with Crippen LogP contribution < -0.4 is 10.7 Å². The zero-order valence-corrected chi connectivity index (χ0v) is 11.4. The van der Waals surface area contributed by atoms with Crippen molar-refractivity contribution in [1.82, 2.24) is 15.8 Å². The van der Waals surface area contributed by atoms with E-state index < -0.39 is 0 Å². The largest absolute Gasteiger partial charge is 0.364 e. The second-order valence-electron chi connectivity index (χ2n) is 4.06. The van der Waals surface area contributed by atoms with Crippen LogP contribution in [0.2, 0.25) is 0 Å². The Morgan fingerprint density at radius 1 is 1.24 bits per heavy atom. The minimum Gasteiger partial charge on any atom is -0.364 e. The lowest BCUT2D eigenvalue weighted by Crippen LogP contribution is -2.28. The molecular weight excluding hydrogens is 234 g/mol. The van der Waals surface area contributed by atoms with Gasteiger partial charge in [-0.15, -0.1) is 0 Å². The molecule has 0 aromatic heterocycles. The van der Waals surface area contributed by atoms with Gasteiger partial charge in [0, 0.05) is 20.1 Å². The maximum absolute atomic E-state index is 4.90. The topological polar surface area (TPSA) is 52.0 Å². The van der Waals surface area contributed by atoms with Crippen LogP contribution in [0.5, 0.6) is 0 Å². The molecule has 17 heavy (non-hydrogen) atoms. The summed E-state index contributed by atoms with van der Waals surface area (Å²) in [5.41, 5.74) is 3.59. The highest BCUT2D eigenvalue weighted by molar-refractivity contribution is 7.80. The molecule has 0 aromatic carbocycles. The molecule has 1 heterocycles. The molecule has 1 saturated heterocycles. The van der Waals surface area contributed by atoms with Crippen molar-refractivity contribution in [2.45, 2.75) is 32.6 Å². The van der Waals surface area contributed by atoms with Gasteiger partial charge in [-0.2, -0.15) is 10.2 Å². The van der Waals surface area contributed by atoms with Crippen LogP contribution in [-0.4, -0.2) is 42.2 Å². The molecule has 96 valence electrons. The molecule has 5 nitrogen and oxygen atoms in total. The summed E-state index contributed by atoms with van der Waals surface area (Å²) >= 11 is 4.90. The number of hydrogen-bond donors (Lipinski definition) is 2. The average molecular weight is 255 g/mol. The molecule has 6 heteroatoms. The van der Waals surface area contributed by atoms with Gasteiger partial charge in [-0.3, -0.25) is 10.4 Å². The number of hydrazone groups is 2. The lowest BCUT2D eigenvalue weighted by molar-refractivity contribution is 0.301. The van der Waals surface area contributed by atoms with Gasteiger partial charge in [0.2, 0.25) is 0 Å². The Bertz CT molecular complexity index is 292. The van der Waals surface area contributed by atoms with Crippen molar-refractivity contribution in [1.29, 1.82) is 0 Å². The zero-order valence-electron chi connectivity index (χ0n) is 10.6. The van der Waals surface area contributed by atoms with Crippen molar-refractivity contribution in [3.05, 3.63) is 0 Å². The number of hydrogen-bond acceptors (Lipinski definition) is 4. The quantitative estimate of drug-likeness (QED) is 0.454. The second kappa shape index (κ2) is 8.00. The molecule has 0 atom stereocenters. The first-order valence-electron chi connectivity index (χ1n) is 6.03. The number of rotatable bonds is 3. The van der Waals surface area contributed by atoms with Gasteiger partial charge in [-0.25, -0.2) is 0 Å². The Morgan fingerprint density at radius 3 is 2.47 bits per heavy atom. The van der Waals surface area contributed by atoms with Crippen molar-refractivity contribution >= 4 is 29.3 Å². The van der Waals surface area contributed by atoms with Gasteiger partial charge in [-0.05, 0) is 32.0 Å². The summed E-state index contributed by atoms with van der Waals surface area (Å²) in [6.07, 6.45) is 6.79. The van der Waals surface area contributed by atoms with E-state index in [1.165, 1.54) is 25.7 Å². The fourth-order valence-electron chi connectivity index (χ4n) is 1.64. The van der Waals surface area contributed by atoms with Crippen molar-refractivity contribution in [3.8, 4) is 0 Å². The molecule has 0 saturated carbocycles. The molecule has 2 N–H and O–H groups in total. The third kappa shape index (κ3) is 6.21. The standard InChI is InChI=1S/C11H21N5S/c1-10(9-13-14-11(17)12-2)15-16-7-5-3-4-6-8-16/h9H,3-8H2,1-2H3,(H2,12,14,17)/b13-9-,15-10-. The lowest BCUT2D eigenvalue weighted by Gasteiger charge is -2.16. The summed E-state index contributed by atoms with van der Waals surface area (Å²) in [7, 11) is 1.75. The van der Waals surface area contributed by atoms with E-state index in [1.807, 2.05) is 6.92 Å². The third-order valence-electron chi connectivity index (χ3n) is 2.53. The van der Waals surface area contributed by atoms with Crippen LogP contribution in [0.25, 0.3) is 0 Å². The summed E-state index contributed by atoms with van der Waals surface area (Å²) in [6.45, 7) is 4.04. The van der Waals surface area contributed by atoms with Crippen LogP contribution in [0.3, 0.4) is 0 Å². The highest BCUT2D eigenvalue weighted by Gasteiger charge is 2.05. The molecular formula is C11H21N5S. The van der Waals surface area contributed by atoms with Crippen molar-refractivity contribution < 1.29 is 0 Å². The first kappa shape index (κ1) is 13.9. The maximum Gasteiger partial charge on any atom is 0.186 e. The van der Waals surface area contributed by atoms with E-state index in [1.54, 1.807) is 13.3 Å². The van der Waals surface area contributed by atoms with Crippen LogP contribution in [-0.2, 0) is 0 Å². The summed E-state index contributed by atoms with van der Waals surface area (Å²) < 4.78 is 0. The fourth-order valence-corrected chi connectivity index (χ4v) is 1.70. The first-order chi connectivity index (χ1) is 8.22. The maximum atomic E-state index is 4.90. The molecule has 0 amide bonds. The molecule has 1 fully saturated rings. The number of nitrogens with one attached hydrogen (secondary N) is 2. The summed E-state index contributed by atoms with van der Waals surface area (Å²) in [5.74, 6) is 0. The fraction of sp³-hybridized carbons (Fsp3) is 0.727. The Kier molecular flexibility index (Phi) is 6.54. The molecule has 0 bridgehead atoms. The van der Waals surface area contributed by atoms with E-state index in [0.29, 0.717) is 5.11 Å². The van der Waals surface area contributed by atoms with Gasteiger partial charge in [0.15, 0.2) is 5.11 Å². The zero-order chi connectivity index (χ0) is 12.5. The van der Waals surface area contributed by atoms with E-state index in [2.05, 4.69) is 26.0 Å². The van der Waals surface area contributed by atoms with Crippen LogP contribution in [0.1, 0.15) is 32.6 Å². The van der Waals surface area contributed by atoms with E-state index >= 15 is 0 Å². The van der Waals surface area contributed by atoms with Gasteiger partial charge in [0.25, 0.3) is 0 Å². The molecule has 1 rings (SSSR count). The first-order valence-corrected chi connectivity index (χ1v) is 6.44. The van der Waals surface area contributed by atoms with Gasteiger partial charge in [0.05, 0.1) is 11.9 Å². The molecule has 1 aliphatic heterocycles. The van der Waals surface area contributed by atoms with E-state index in [0.717, 1.165) is 18.8 Å². The van der Waals surface area contributed by atoms with Crippen LogP contribution in [0.4, 0.5) is 0 Å². The Hall–Kier alpha value is -1.17. The third-order valence-corrected chi connectivity index (χ3v) is 2.82. The Labute approximate surface area is 108 Å². The predicted molar refractivity (Wildman–Crippen MR) is 76.4 cm³/mol. The summed E-state index contributed by atoms with van der Waals surface area (Å²) in [6, 6.07) is 0. The smallest absolute Gasteiger partial charge is 0.186 e. The minimum absolute atomic E-state index is 0.504. The van der Waals surface area contributed by atoms with Crippen molar-refractivity contribution in [2.75, 3.05) is 20.1 Å². The second-order valence-corrected chi connectivity index (χ2v) is 4.47. The van der Waals surface area contributed by atoms with Crippen LogP contribution >= 0.6 is 12.2 Å². The van der Waals surface area contributed by atoms with Crippen LogP contribution in [0, 0.1) is 0 Å². The Morgan fingerprint density at radius 2 is 1.88 bits per heavy atom.